The van der Waals surface area contributed by atoms with E-state index in [1.54, 1.807) is 11.3 Å². The zero-order valence-electron chi connectivity index (χ0n) is 14.7. The predicted octanol–water partition coefficient (Wildman–Crippen LogP) is 4.01. The molecule has 2 rings (SSSR count). The Morgan fingerprint density at radius 3 is 2.70 bits per heavy atom. The second-order valence-electron chi connectivity index (χ2n) is 6.81. The van der Waals surface area contributed by atoms with Crippen LogP contribution < -0.4 is 10.6 Å². The molecule has 4 nitrogen and oxygen atoms in total. The van der Waals surface area contributed by atoms with Crippen LogP contribution in [0.25, 0.3) is 0 Å². The number of hydrogen-bond donors (Lipinski definition) is 2. The Morgan fingerprint density at radius 2 is 2.17 bits per heavy atom. The van der Waals surface area contributed by atoms with E-state index in [0.717, 1.165) is 28.5 Å². The van der Waals surface area contributed by atoms with Crippen molar-refractivity contribution in [1.29, 1.82) is 0 Å². The Hall–Kier alpha value is -0.0200. The number of thiazole rings is 1. The van der Waals surface area contributed by atoms with Gasteiger partial charge in [-0.1, -0.05) is 20.8 Å². The molecule has 1 saturated carbocycles. The molecule has 0 bridgehead atoms. The summed E-state index contributed by atoms with van der Waals surface area (Å²) in [6.07, 6.45) is 5.97. The number of rotatable bonds is 4. The Morgan fingerprint density at radius 1 is 1.43 bits per heavy atom. The van der Waals surface area contributed by atoms with Gasteiger partial charge in [0.25, 0.3) is 0 Å². The summed E-state index contributed by atoms with van der Waals surface area (Å²) >= 11 is 3.69. The fourth-order valence-electron chi connectivity index (χ4n) is 2.57. The van der Waals surface area contributed by atoms with E-state index in [9.17, 15) is 0 Å². The average Bonchev–Trinajstić information content (AvgIpc) is 3.11. The minimum Gasteiger partial charge on any atom is -0.354 e. The smallest absolute Gasteiger partial charge is 0.191 e. The number of aromatic nitrogens is 1. The van der Waals surface area contributed by atoms with Crippen LogP contribution in [0.3, 0.4) is 0 Å². The van der Waals surface area contributed by atoms with Gasteiger partial charge in [-0.05, 0) is 25.5 Å². The molecule has 1 aliphatic carbocycles. The molecule has 0 spiro atoms. The van der Waals surface area contributed by atoms with Crippen LogP contribution in [0.2, 0.25) is 0 Å². The van der Waals surface area contributed by atoms with Crippen LogP contribution in [0.4, 0.5) is 0 Å². The van der Waals surface area contributed by atoms with Crippen LogP contribution in [0, 0.1) is 0 Å². The molecule has 1 heterocycles. The van der Waals surface area contributed by atoms with E-state index in [1.807, 2.05) is 18.8 Å². The van der Waals surface area contributed by atoms with E-state index in [0.29, 0.717) is 6.04 Å². The Kier molecular flexibility index (Phi) is 8.65. The Labute approximate surface area is 165 Å². The van der Waals surface area contributed by atoms with Gasteiger partial charge in [-0.3, -0.25) is 4.99 Å². The molecule has 1 aliphatic rings. The molecule has 2 N–H and O–H groups in total. The second kappa shape index (κ2) is 9.46. The Balaban J connectivity index is 0.00000264. The van der Waals surface area contributed by atoms with E-state index in [4.69, 9.17) is 4.98 Å². The van der Waals surface area contributed by atoms with Gasteiger partial charge < -0.3 is 10.6 Å². The van der Waals surface area contributed by atoms with Crippen molar-refractivity contribution in [3.8, 4) is 0 Å². The van der Waals surface area contributed by atoms with Gasteiger partial charge in [0, 0.05) is 29.1 Å². The van der Waals surface area contributed by atoms with Gasteiger partial charge >= 0.3 is 0 Å². The second-order valence-corrected chi connectivity index (χ2v) is 8.90. The van der Waals surface area contributed by atoms with Gasteiger partial charge in [0.15, 0.2) is 5.96 Å². The van der Waals surface area contributed by atoms with Gasteiger partial charge in [0.2, 0.25) is 0 Å². The van der Waals surface area contributed by atoms with E-state index in [-0.39, 0.29) is 29.4 Å². The number of thioether (sulfide) groups is 1. The summed E-state index contributed by atoms with van der Waals surface area (Å²) in [4.78, 5) is 9.05. The van der Waals surface area contributed by atoms with Crippen LogP contribution in [-0.2, 0) is 12.0 Å². The summed E-state index contributed by atoms with van der Waals surface area (Å²) in [5.74, 6) is 0.888. The average molecular weight is 468 g/mol. The van der Waals surface area contributed by atoms with Crippen molar-refractivity contribution in [1.82, 2.24) is 15.6 Å². The summed E-state index contributed by atoms with van der Waals surface area (Å²) in [5, 5.41) is 11.0. The lowest BCUT2D eigenvalue weighted by Crippen LogP contribution is -2.42. The molecular weight excluding hydrogens is 439 g/mol. The highest BCUT2D eigenvalue weighted by Crippen LogP contribution is 2.28. The molecule has 0 radical (unpaired) electrons. The first-order chi connectivity index (χ1) is 10.4. The van der Waals surface area contributed by atoms with Crippen molar-refractivity contribution in [2.24, 2.45) is 4.99 Å². The summed E-state index contributed by atoms with van der Waals surface area (Å²) in [7, 11) is 1.83. The molecule has 0 aromatic carbocycles. The van der Waals surface area contributed by atoms with Gasteiger partial charge in [-0.25, -0.2) is 4.98 Å². The lowest BCUT2D eigenvalue weighted by atomic mass is 9.93. The largest absolute Gasteiger partial charge is 0.354 e. The van der Waals surface area contributed by atoms with Gasteiger partial charge in [-0.2, -0.15) is 11.8 Å². The topological polar surface area (TPSA) is 49.3 Å². The number of halogens is 1. The highest BCUT2D eigenvalue weighted by atomic mass is 127. The summed E-state index contributed by atoms with van der Waals surface area (Å²) in [6, 6.07) is 0.546. The summed E-state index contributed by atoms with van der Waals surface area (Å²) in [6.45, 7) is 7.32. The third kappa shape index (κ3) is 6.42. The van der Waals surface area contributed by atoms with Crippen molar-refractivity contribution >= 4 is 53.0 Å². The molecule has 1 fully saturated rings. The molecule has 0 amide bonds. The number of nitrogens with one attached hydrogen (secondary N) is 2. The van der Waals surface area contributed by atoms with E-state index in [1.165, 1.54) is 19.3 Å². The zero-order valence-corrected chi connectivity index (χ0v) is 18.6. The normalized spacial score (nSPS) is 21.9. The van der Waals surface area contributed by atoms with Gasteiger partial charge in [0.05, 0.1) is 12.2 Å². The predicted molar refractivity (Wildman–Crippen MR) is 115 cm³/mol. The molecule has 1 aromatic heterocycles. The van der Waals surface area contributed by atoms with Crippen LogP contribution in [0.1, 0.15) is 50.7 Å². The summed E-state index contributed by atoms with van der Waals surface area (Å²) < 4.78 is 0. The zero-order chi connectivity index (χ0) is 16.2. The van der Waals surface area contributed by atoms with Crippen molar-refractivity contribution in [2.75, 3.05) is 13.3 Å². The molecule has 7 heteroatoms. The van der Waals surface area contributed by atoms with Crippen LogP contribution >= 0.6 is 47.1 Å². The van der Waals surface area contributed by atoms with Crippen molar-refractivity contribution in [3.63, 3.8) is 0 Å². The standard InChI is InChI=1S/C16H28N4S2.HI/c1-16(2,3)13-10-22-14(20-13)9-18-15(17-4)19-11-6-7-12(8-11)21-5;/h10-12H,6-9H2,1-5H3,(H2,17,18,19);1H. The maximum atomic E-state index is 4.71. The summed E-state index contributed by atoms with van der Waals surface area (Å²) in [5.41, 5.74) is 1.28. The number of guanidine groups is 1. The molecular formula is C16H29IN4S2. The molecule has 0 saturated heterocycles. The van der Waals surface area contributed by atoms with E-state index < -0.39 is 0 Å². The minimum absolute atomic E-state index is 0. The third-order valence-corrected chi connectivity index (χ3v) is 5.95. The lowest BCUT2D eigenvalue weighted by molar-refractivity contribution is 0.570. The highest BCUT2D eigenvalue weighted by molar-refractivity contribution is 14.0. The van der Waals surface area contributed by atoms with Crippen LogP contribution in [-0.4, -0.2) is 35.5 Å². The molecule has 2 unspecified atom stereocenters. The molecule has 0 aliphatic heterocycles. The number of nitrogens with zero attached hydrogens (tertiary/aromatic N) is 2. The van der Waals surface area contributed by atoms with Gasteiger partial charge in [0.1, 0.15) is 5.01 Å². The van der Waals surface area contributed by atoms with E-state index in [2.05, 4.69) is 48.0 Å². The monoisotopic (exact) mass is 468 g/mol. The first-order valence-corrected chi connectivity index (χ1v) is 10.0. The molecule has 1 aromatic rings. The van der Waals surface area contributed by atoms with Crippen molar-refractivity contribution in [2.45, 2.75) is 63.3 Å². The first kappa shape index (κ1) is 21.0. The SMILES string of the molecule is CN=C(NCc1nc(C(C)(C)C)cs1)NC1CCC(SC)C1.I. The molecule has 2 atom stereocenters. The lowest BCUT2D eigenvalue weighted by Gasteiger charge is -2.17. The highest BCUT2D eigenvalue weighted by Gasteiger charge is 2.24. The minimum atomic E-state index is 0. The number of aliphatic imine (C=N–C) groups is 1. The van der Waals surface area contributed by atoms with Crippen molar-refractivity contribution < 1.29 is 0 Å². The van der Waals surface area contributed by atoms with E-state index >= 15 is 0 Å². The Bertz CT molecular complexity index is 510. The molecule has 23 heavy (non-hydrogen) atoms. The maximum Gasteiger partial charge on any atom is 0.191 e. The number of hydrogen-bond acceptors (Lipinski definition) is 4. The quantitative estimate of drug-likeness (QED) is 0.399. The third-order valence-electron chi connectivity index (χ3n) is 4.01. The fourth-order valence-corrected chi connectivity index (χ4v) is 4.33. The van der Waals surface area contributed by atoms with Crippen molar-refractivity contribution in [3.05, 3.63) is 16.1 Å². The first-order valence-electron chi connectivity index (χ1n) is 7.87. The molecule has 132 valence electrons. The van der Waals surface area contributed by atoms with Crippen LogP contribution in [0.5, 0.6) is 0 Å². The fraction of sp³-hybridized carbons (Fsp3) is 0.750. The van der Waals surface area contributed by atoms with Crippen LogP contribution in [0.15, 0.2) is 10.4 Å². The maximum absolute atomic E-state index is 4.71. The van der Waals surface area contributed by atoms with Gasteiger partial charge in [-0.15, -0.1) is 35.3 Å².